The molecule has 7 atom stereocenters. The highest BCUT2D eigenvalue weighted by atomic mass is 16.3. The standard InChI is InChI=1S/C46H74N6O7/c1-7-31(4)41(40(55)29-35(32(5)53)26-30(2)3)51-42(56)37-28-33-21-22-39(54)34(27-33)18-13-11-9-8-10-12-15-23-46(6,48)45(59)50-36(19-14-16-24-47)44(58)52-25-17-20-38(52)43(57)49-37/h11,13,21-22,27,30-31,35-38,41,54H,7-10,12,14-20,23-26,28-29,47-48H2,1-6H3,(H,49,57)(H,50,59)(H,51,56)/t31?,35-,36+,37-,38+,41+,46+/m1/s1. The molecule has 0 radical (unpaired) electrons. The molecular formula is C46H74N6O7. The number of amides is 4. The van der Waals surface area contributed by atoms with E-state index in [0.29, 0.717) is 82.0 Å². The van der Waals surface area contributed by atoms with Crippen molar-refractivity contribution in [1.82, 2.24) is 20.9 Å². The van der Waals surface area contributed by atoms with E-state index in [4.69, 9.17) is 11.5 Å². The molecule has 0 aromatic heterocycles. The molecule has 2 aliphatic rings. The van der Waals surface area contributed by atoms with Crippen LogP contribution in [0.5, 0.6) is 5.75 Å². The van der Waals surface area contributed by atoms with E-state index in [1.54, 1.807) is 19.1 Å². The summed E-state index contributed by atoms with van der Waals surface area (Å²) < 4.78 is 0. The van der Waals surface area contributed by atoms with Gasteiger partial charge in [0.1, 0.15) is 29.7 Å². The summed E-state index contributed by atoms with van der Waals surface area (Å²) in [6.07, 6.45) is 13.1. The van der Waals surface area contributed by atoms with Gasteiger partial charge in [0.2, 0.25) is 23.6 Å². The van der Waals surface area contributed by atoms with Crippen LogP contribution in [0.4, 0.5) is 0 Å². The molecular weight excluding hydrogens is 749 g/mol. The summed E-state index contributed by atoms with van der Waals surface area (Å²) in [6, 6.07) is 1.26. The number of phenolic OH excluding ortho intramolecular Hbond substituents is 1. The lowest BCUT2D eigenvalue weighted by atomic mass is 9.85. The molecule has 1 saturated heterocycles. The Labute approximate surface area is 352 Å². The topological polar surface area (TPSA) is 214 Å². The predicted octanol–water partition coefficient (Wildman–Crippen LogP) is 4.94. The number of hydrogen-bond acceptors (Lipinski definition) is 9. The number of nitrogens with two attached hydrogens (primary N) is 2. The van der Waals surface area contributed by atoms with E-state index in [2.05, 4.69) is 22.0 Å². The highest BCUT2D eigenvalue weighted by Gasteiger charge is 2.41. The minimum absolute atomic E-state index is 0.000103. The Bertz CT molecular complexity index is 1610. The molecule has 1 fully saturated rings. The number of hydrogen-bond donors (Lipinski definition) is 6. The van der Waals surface area contributed by atoms with Gasteiger partial charge >= 0.3 is 0 Å². The summed E-state index contributed by atoms with van der Waals surface area (Å²) in [7, 11) is 0. The van der Waals surface area contributed by atoms with Gasteiger partial charge in [-0.05, 0) is 114 Å². The van der Waals surface area contributed by atoms with Gasteiger partial charge < -0.3 is 37.4 Å². The molecule has 3 rings (SSSR count). The number of fused-ring (bicyclic) bond motifs is 3. The van der Waals surface area contributed by atoms with Gasteiger partial charge in [-0.1, -0.05) is 77.7 Å². The second-order valence-electron chi connectivity index (χ2n) is 17.8. The van der Waals surface area contributed by atoms with Crippen molar-refractivity contribution in [2.45, 2.75) is 174 Å². The van der Waals surface area contributed by atoms with Crippen LogP contribution in [0.2, 0.25) is 0 Å². The fraction of sp³-hybridized carbons (Fsp3) is 0.696. The lowest BCUT2D eigenvalue weighted by Crippen LogP contribution is -2.60. The first-order valence-corrected chi connectivity index (χ1v) is 22.2. The molecule has 2 bridgehead atoms. The van der Waals surface area contributed by atoms with E-state index in [9.17, 15) is 33.9 Å². The highest BCUT2D eigenvalue weighted by molar-refractivity contribution is 5.97. The number of benzene rings is 1. The number of aromatic hydroxyl groups is 1. The van der Waals surface area contributed by atoms with E-state index in [-0.39, 0.29) is 47.9 Å². The van der Waals surface area contributed by atoms with Crippen LogP contribution in [0.3, 0.4) is 0 Å². The second kappa shape index (κ2) is 24.2. The quantitative estimate of drug-likeness (QED) is 0.111. The van der Waals surface area contributed by atoms with Gasteiger partial charge in [-0.25, -0.2) is 0 Å². The SMILES string of the molecule is CCC(C)[C@H](NC(=O)[C@H]1Cc2ccc(O)c(c2)CC=CCCCCCC[C@](C)(N)C(=O)N[C@@H](CCCCN)C(=O)N2CCC[C@H]2C(=O)N1)C(=O)C[C@@H](CC(C)C)C(C)=O. The van der Waals surface area contributed by atoms with Crippen LogP contribution < -0.4 is 27.4 Å². The Morgan fingerprint density at radius 2 is 1.75 bits per heavy atom. The molecule has 1 aromatic rings. The van der Waals surface area contributed by atoms with Gasteiger partial charge in [-0.2, -0.15) is 0 Å². The zero-order valence-electron chi connectivity index (χ0n) is 36.7. The van der Waals surface area contributed by atoms with Crippen LogP contribution in [-0.2, 0) is 41.6 Å². The summed E-state index contributed by atoms with van der Waals surface area (Å²) in [5, 5.41) is 19.6. The van der Waals surface area contributed by atoms with Gasteiger partial charge in [0.25, 0.3) is 0 Å². The lowest BCUT2D eigenvalue weighted by molar-refractivity contribution is -0.143. The third-order valence-corrected chi connectivity index (χ3v) is 12.1. The summed E-state index contributed by atoms with van der Waals surface area (Å²) in [4.78, 5) is 84.6. The molecule has 8 N–H and O–H groups in total. The van der Waals surface area contributed by atoms with Gasteiger partial charge in [-0.15, -0.1) is 0 Å². The van der Waals surface area contributed by atoms with Crippen LogP contribution in [-0.4, -0.2) is 88.0 Å². The van der Waals surface area contributed by atoms with Gasteiger partial charge in [-0.3, -0.25) is 28.8 Å². The number of carbonyl (C=O) groups excluding carboxylic acids is 6. The molecule has 0 spiro atoms. The fourth-order valence-corrected chi connectivity index (χ4v) is 8.13. The lowest BCUT2D eigenvalue weighted by Gasteiger charge is -2.32. The number of Topliss-reactive ketones (excluding diaryl/α,β-unsaturated/α-hetero) is 2. The number of nitrogens with zero attached hydrogens (tertiary/aromatic N) is 1. The Morgan fingerprint density at radius 3 is 2.42 bits per heavy atom. The van der Waals surface area contributed by atoms with Crippen LogP contribution in [0.15, 0.2) is 30.4 Å². The van der Waals surface area contributed by atoms with E-state index in [1.807, 2.05) is 39.8 Å². The van der Waals surface area contributed by atoms with Gasteiger partial charge in [0, 0.05) is 25.3 Å². The number of rotatable bonds is 14. The monoisotopic (exact) mass is 823 g/mol. The van der Waals surface area contributed by atoms with E-state index < -0.39 is 53.3 Å². The average Bonchev–Trinajstić information content (AvgIpc) is 3.68. The Morgan fingerprint density at radius 1 is 1.02 bits per heavy atom. The number of ketones is 2. The summed E-state index contributed by atoms with van der Waals surface area (Å²) in [6.45, 7) is 11.7. The van der Waals surface area contributed by atoms with Crippen molar-refractivity contribution in [2.24, 2.45) is 29.2 Å². The molecule has 13 heteroatoms. The molecule has 1 aromatic carbocycles. The number of nitrogens with one attached hydrogen (secondary N) is 3. The first-order chi connectivity index (χ1) is 28.0. The van der Waals surface area contributed by atoms with Gasteiger partial charge in [0.15, 0.2) is 5.78 Å². The van der Waals surface area contributed by atoms with Crippen LogP contribution in [0.1, 0.15) is 143 Å². The second-order valence-corrected chi connectivity index (χ2v) is 17.8. The summed E-state index contributed by atoms with van der Waals surface area (Å²) in [5.74, 6) is -2.60. The largest absolute Gasteiger partial charge is 0.508 e. The maximum atomic E-state index is 14.4. The third kappa shape index (κ3) is 15.5. The molecule has 4 amide bonds. The first-order valence-electron chi connectivity index (χ1n) is 22.2. The Kier molecular flexibility index (Phi) is 20.2. The number of phenols is 1. The van der Waals surface area contributed by atoms with Crippen molar-refractivity contribution < 1.29 is 33.9 Å². The molecule has 1 unspecified atom stereocenters. The minimum Gasteiger partial charge on any atom is -0.508 e. The zero-order chi connectivity index (χ0) is 43.7. The summed E-state index contributed by atoms with van der Waals surface area (Å²) in [5.41, 5.74) is 12.5. The van der Waals surface area contributed by atoms with Crippen LogP contribution >= 0.6 is 0 Å². The molecule has 2 heterocycles. The molecule has 59 heavy (non-hydrogen) atoms. The van der Waals surface area contributed by atoms with Crippen LogP contribution in [0.25, 0.3) is 0 Å². The Hall–Kier alpha value is -4.10. The van der Waals surface area contributed by atoms with E-state index in [1.165, 1.54) is 11.8 Å². The molecule has 0 aliphatic carbocycles. The third-order valence-electron chi connectivity index (χ3n) is 12.1. The van der Waals surface area contributed by atoms with Crippen molar-refractivity contribution in [3.05, 3.63) is 41.5 Å². The smallest absolute Gasteiger partial charge is 0.245 e. The maximum absolute atomic E-state index is 14.4. The van der Waals surface area contributed by atoms with Crippen molar-refractivity contribution in [3.8, 4) is 5.75 Å². The van der Waals surface area contributed by atoms with Crippen molar-refractivity contribution in [3.63, 3.8) is 0 Å². The van der Waals surface area contributed by atoms with Crippen molar-refractivity contribution in [1.29, 1.82) is 0 Å². The molecule has 13 nitrogen and oxygen atoms in total. The number of allylic oxidation sites excluding steroid dienone is 2. The fourth-order valence-electron chi connectivity index (χ4n) is 8.13. The molecule has 2 aliphatic heterocycles. The summed E-state index contributed by atoms with van der Waals surface area (Å²) >= 11 is 0. The average molecular weight is 823 g/mol. The normalized spacial score (nSPS) is 24.4. The number of unbranched alkanes of at least 4 members (excludes halogenated alkanes) is 1. The molecule has 0 saturated carbocycles. The maximum Gasteiger partial charge on any atom is 0.245 e. The molecule has 330 valence electrons. The van der Waals surface area contributed by atoms with Crippen LogP contribution in [0, 0.1) is 17.8 Å². The predicted molar refractivity (Wildman–Crippen MR) is 231 cm³/mol. The minimum atomic E-state index is -1.20. The number of carbonyl (C=O) groups is 6. The zero-order valence-corrected chi connectivity index (χ0v) is 36.7. The van der Waals surface area contributed by atoms with E-state index >= 15 is 0 Å². The first kappa shape index (κ1) is 49.3. The Balaban J connectivity index is 2.02. The van der Waals surface area contributed by atoms with Crippen molar-refractivity contribution in [2.75, 3.05) is 13.1 Å². The van der Waals surface area contributed by atoms with Crippen molar-refractivity contribution >= 4 is 35.2 Å². The van der Waals surface area contributed by atoms with E-state index in [0.717, 1.165) is 32.1 Å². The van der Waals surface area contributed by atoms with Gasteiger partial charge in [0.05, 0.1) is 11.6 Å². The highest BCUT2D eigenvalue weighted by Crippen LogP contribution is 2.25.